The Hall–Kier alpha value is -1.22. The molecule has 16 heavy (non-hydrogen) atoms. The third-order valence-corrected chi connectivity index (χ3v) is 2.09. The number of nitrogens with one attached hydrogen (secondary N) is 1. The highest BCUT2D eigenvalue weighted by Gasteiger charge is 2.07. The maximum absolute atomic E-state index is 4.34. The van der Waals surface area contributed by atoms with Gasteiger partial charge in [-0.15, -0.1) is 0 Å². The van der Waals surface area contributed by atoms with Gasteiger partial charge in [-0.25, -0.2) is 9.97 Å². The minimum Gasteiger partial charge on any atom is -0.308 e. The first kappa shape index (κ1) is 12.8. The maximum Gasteiger partial charge on any atom is 0.125 e. The molecule has 1 N–H and O–H groups in total. The van der Waals surface area contributed by atoms with Crippen LogP contribution in [0.1, 0.15) is 39.2 Å². The second-order valence-electron chi connectivity index (χ2n) is 5.12. The summed E-state index contributed by atoms with van der Waals surface area (Å²) in [7, 11) is 0. The zero-order chi connectivity index (χ0) is 12.2. The molecule has 1 rings (SSSR count). The third-order valence-electron chi connectivity index (χ3n) is 2.09. The average molecular weight is 219 g/mol. The van der Waals surface area contributed by atoms with E-state index in [0.717, 1.165) is 18.1 Å². The van der Waals surface area contributed by atoms with Crippen LogP contribution >= 0.6 is 0 Å². The molecule has 0 saturated carbocycles. The summed E-state index contributed by atoms with van der Waals surface area (Å²) < 4.78 is 0. The fourth-order valence-electron chi connectivity index (χ4n) is 1.26. The molecule has 0 bridgehead atoms. The Morgan fingerprint density at radius 3 is 2.69 bits per heavy atom. The highest BCUT2D eigenvalue weighted by Crippen LogP contribution is 2.05. The van der Waals surface area contributed by atoms with Crippen LogP contribution in [0.15, 0.2) is 17.8 Å². The van der Waals surface area contributed by atoms with Gasteiger partial charge in [-0.3, -0.25) is 0 Å². The van der Waals surface area contributed by atoms with Gasteiger partial charge in [0.2, 0.25) is 0 Å². The molecule has 1 aromatic rings. The van der Waals surface area contributed by atoms with Crippen LogP contribution in [0.3, 0.4) is 0 Å². The molecule has 0 aliphatic heterocycles. The predicted octanol–water partition coefficient (Wildman–Crippen LogP) is 2.58. The van der Waals surface area contributed by atoms with Crippen molar-refractivity contribution < 1.29 is 0 Å². The van der Waals surface area contributed by atoms with Gasteiger partial charge >= 0.3 is 0 Å². The van der Waals surface area contributed by atoms with Crippen LogP contribution in [0.5, 0.6) is 0 Å². The summed E-state index contributed by atoms with van der Waals surface area (Å²) in [6.07, 6.45) is 3.88. The Labute approximate surface area is 98.0 Å². The van der Waals surface area contributed by atoms with Gasteiger partial charge in [0.25, 0.3) is 0 Å². The largest absolute Gasteiger partial charge is 0.308 e. The van der Waals surface area contributed by atoms with E-state index in [2.05, 4.69) is 49.1 Å². The number of aryl methyl sites for hydroxylation is 1. The molecule has 0 aromatic carbocycles. The van der Waals surface area contributed by atoms with Crippen LogP contribution in [0.2, 0.25) is 0 Å². The maximum atomic E-state index is 4.34. The van der Waals surface area contributed by atoms with Crippen molar-refractivity contribution in [3.63, 3.8) is 0 Å². The first-order valence-corrected chi connectivity index (χ1v) is 5.59. The zero-order valence-electron chi connectivity index (χ0n) is 10.8. The average Bonchev–Trinajstić information content (AvgIpc) is 2.14. The normalized spacial score (nSPS) is 12.9. The van der Waals surface area contributed by atoms with E-state index in [4.69, 9.17) is 0 Å². The molecule has 0 aliphatic rings. The lowest BCUT2D eigenvalue weighted by Crippen LogP contribution is -2.36. The predicted molar refractivity (Wildman–Crippen MR) is 68.2 cm³/mol. The van der Waals surface area contributed by atoms with Gasteiger partial charge in [0.15, 0.2) is 0 Å². The standard InChI is InChI=1S/C13H21N3/c1-10(9-15-13(3,4)5)8-12-6-7-14-11(2)16-12/h6-8,15H,9H2,1-5H3/b10-8-. The molecule has 0 spiro atoms. The summed E-state index contributed by atoms with van der Waals surface area (Å²) in [6.45, 7) is 11.4. The molecular formula is C13H21N3. The fourth-order valence-corrected chi connectivity index (χ4v) is 1.26. The van der Waals surface area contributed by atoms with Gasteiger partial charge in [0.05, 0.1) is 5.69 Å². The third kappa shape index (κ3) is 5.03. The van der Waals surface area contributed by atoms with Crippen LogP contribution in [0, 0.1) is 6.92 Å². The number of rotatable bonds is 3. The topological polar surface area (TPSA) is 37.8 Å². The smallest absolute Gasteiger partial charge is 0.125 e. The number of hydrogen-bond donors (Lipinski definition) is 1. The van der Waals surface area contributed by atoms with Crippen molar-refractivity contribution in [1.29, 1.82) is 0 Å². The van der Waals surface area contributed by atoms with Gasteiger partial charge in [-0.1, -0.05) is 5.57 Å². The lowest BCUT2D eigenvalue weighted by molar-refractivity contribution is 0.445. The quantitative estimate of drug-likeness (QED) is 0.849. The Morgan fingerprint density at radius 1 is 1.44 bits per heavy atom. The molecule has 0 aliphatic carbocycles. The molecule has 3 nitrogen and oxygen atoms in total. The second kappa shape index (κ2) is 5.21. The van der Waals surface area contributed by atoms with Gasteiger partial charge in [0, 0.05) is 18.3 Å². The Morgan fingerprint density at radius 2 is 2.12 bits per heavy atom. The van der Waals surface area contributed by atoms with E-state index in [1.54, 1.807) is 6.20 Å². The number of hydrogen-bond acceptors (Lipinski definition) is 3. The summed E-state index contributed by atoms with van der Waals surface area (Å²) in [6, 6.07) is 1.92. The minimum atomic E-state index is 0.149. The minimum absolute atomic E-state index is 0.149. The molecule has 0 atom stereocenters. The van der Waals surface area contributed by atoms with E-state index in [1.165, 1.54) is 5.57 Å². The van der Waals surface area contributed by atoms with Gasteiger partial charge in [-0.05, 0) is 46.8 Å². The SMILES string of the molecule is C/C(=C/c1ccnc(C)n1)CNC(C)(C)C. The van der Waals surface area contributed by atoms with Crippen molar-refractivity contribution in [2.45, 2.75) is 40.2 Å². The molecule has 88 valence electrons. The van der Waals surface area contributed by atoms with E-state index >= 15 is 0 Å². The van der Waals surface area contributed by atoms with Crippen molar-refractivity contribution in [2.24, 2.45) is 0 Å². The number of nitrogens with zero attached hydrogens (tertiary/aromatic N) is 2. The summed E-state index contributed by atoms with van der Waals surface area (Å²) in [5.41, 5.74) is 2.39. The van der Waals surface area contributed by atoms with Gasteiger partial charge < -0.3 is 5.32 Å². The van der Waals surface area contributed by atoms with Crippen molar-refractivity contribution in [3.05, 3.63) is 29.4 Å². The Balaban J connectivity index is 2.63. The zero-order valence-corrected chi connectivity index (χ0v) is 10.8. The van der Waals surface area contributed by atoms with Crippen molar-refractivity contribution in [1.82, 2.24) is 15.3 Å². The molecule has 0 amide bonds. The molecule has 0 saturated heterocycles. The molecule has 1 heterocycles. The second-order valence-corrected chi connectivity index (χ2v) is 5.12. The van der Waals surface area contributed by atoms with E-state index in [0.29, 0.717) is 0 Å². The van der Waals surface area contributed by atoms with E-state index in [1.807, 2.05) is 13.0 Å². The van der Waals surface area contributed by atoms with Crippen molar-refractivity contribution >= 4 is 6.08 Å². The highest BCUT2D eigenvalue weighted by molar-refractivity contribution is 5.48. The molecular weight excluding hydrogens is 198 g/mol. The highest BCUT2D eigenvalue weighted by atomic mass is 14.9. The first-order valence-electron chi connectivity index (χ1n) is 5.59. The molecule has 0 radical (unpaired) electrons. The Kier molecular flexibility index (Phi) is 4.19. The summed E-state index contributed by atoms with van der Waals surface area (Å²) in [5.74, 6) is 0.810. The van der Waals surface area contributed by atoms with Gasteiger partial charge in [-0.2, -0.15) is 0 Å². The van der Waals surface area contributed by atoms with Crippen LogP contribution in [-0.2, 0) is 0 Å². The van der Waals surface area contributed by atoms with Crippen molar-refractivity contribution in [2.75, 3.05) is 6.54 Å². The van der Waals surface area contributed by atoms with Crippen LogP contribution in [0.25, 0.3) is 6.08 Å². The molecule has 1 aromatic heterocycles. The van der Waals surface area contributed by atoms with Crippen molar-refractivity contribution in [3.8, 4) is 0 Å². The summed E-state index contributed by atoms with van der Waals surface area (Å²) >= 11 is 0. The summed E-state index contributed by atoms with van der Waals surface area (Å²) in [4.78, 5) is 8.42. The van der Waals surface area contributed by atoms with E-state index < -0.39 is 0 Å². The van der Waals surface area contributed by atoms with Crippen LogP contribution < -0.4 is 5.32 Å². The van der Waals surface area contributed by atoms with Gasteiger partial charge in [0.1, 0.15) is 5.82 Å². The first-order chi connectivity index (χ1) is 7.37. The summed E-state index contributed by atoms with van der Waals surface area (Å²) in [5, 5.41) is 3.44. The van der Waals surface area contributed by atoms with E-state index in [9.17, 15) is 0 Å². The molecule has 0 unspecified atom stereocenters. The van der Waals surface area contributed by atoms with E-state index in [-0.39, 0.29) is 5.54 Å². The monoisotopic (exact) mass is 219 g/mol. The lowest BCUT2D eigenvalue weighted by Gasteiger charge is -2.20. The lowest BCUT2D eigenvalue weighted by atomic mass is 10.1. The number of aromatic nitrogens is 2. The Bertz CT molecular complexity index is 375. The molecule has 3 heteroatoms. The molecule has 0 fully saturated rings. The fraction of sp³-hybridized carbons (Fsp3) is 0.538. The van der Waals surface area contributed by atoms with Crippen LogP contribution in [-0.4, -0.2) is 22.1 Å². The van der Waals surface area contributed by atoms with Crippen LogP contribution in [0.4, 0.5) is 0 Å².